The summed E-state index contributed by atoms with van der Waals surface area (Å²) < 4.78 is 0. The summed E-state index contributed by atoms with van der Waals surface area (Å²) in [6, 6.07) is 5.58. The van der Waals surface area contributed by atoms with E-state index < -0.39 is 0 Å². The maximum Gasteiger partial charge on any atom is 0.205 e. The van der Waals surface area contributed by atoms with E-state index in [0.717, 1.165) is 5.69 Å². The van der Waals surface area contributed by atoms with Gasteiger partial charge in [0.15, 0.2) is 6.20 Å². The Morgan fingerprint density at radius 3 is 2.75 bits per heavy atom. The zero-order valence-electron chi connectivity index (χ0n) is 4.46. The fourth-order valence-corrected chi connectivity index (χ4v) is 0.529. The predicted molar refractivity (Wildman–Crippen MR) is 28.9 cm³/mol. The number of aromatic nitrogens is 1. The van der Waals surface area contributed by atoms with Crippen LogP contribution in [0.3, 0.4) is 0 Å². The van der Waals surface area contributed by atoms with Crippen molar-refractivity contribution in [3.63, 3.8) is 0 Å². The first kappa shape index (κ1) is 5.25. The molecule has 2 nitrogen and oxygen atoms in total. The Bertz CT molecular complexity index is 150. The molecule has 0 atom stereocenters. The lowest BCUT2D eigenvalue weighted by atomic mass is 10.4. The van der Waals surface area contributed by atoms with Gasteiger partial charge in [-0.1, -0.05) is 6.07 Å². The molecule has 0 aliphatic rings. The highest BCUT2D eigenvalue weighted by molar-refractivity contribution is 4.94. The third kappa shape index (κ3) is 1.04. The summed E-state index contributed by atoms with van der Waals surface area (Å²) in [6.45, 7) is 0.0842. The van der Waals surface area contributed by atoms with E-state index in [1.165, 1.54) is 0 Å². The van der Waals surface area contributed by atoms with E-state index in [1.54, 1.807) is 6.20 Å². The minimum Gasteiger partial charge on any atom is -0.385 e. The van der Waals surface area contributed by atoms with Crippen molar-refractivity contribution in [2.24, 2.45) is 0 Å². The second-order valence-electron chi connectivity index (χ2n) is 1.55. The van der Waals surface area contributed by atoms with Gasteiger partial charge in [-0.05, 0) is 0 Å². The number of hydrogen-bond acceptors (Lipinski definition) is 1. The minimum absolute atomic E-state index is 0.0842. The molecule has 0 aromatic carbocycles. The molecule has 2 heteroatoms. The lowest BCUT2D eigenvalue weighted by molar-refractivity contribution is -0.394. The number of aliphatic hydroxyl groups is 1. The SMILES string of the molecule is OCc1cccc[nH+]1. The number of H-pyrrole nitrogens is 1. The summed E-state index contributed by atoms with van der Waals surface area (Å²) in [4.78, 5) is 2.87. The smallest absolute Gasteiger partial charge is 0.205 e. The molecule has 2 N–H and O–H groups in total. The highest BCUT2D eigenvalue weighted by atomic mass is 16.3. The average Bonchev–Trinajstić information content (AvgIpc) is 1.90. The zero-order valence-corrected chi connectivity index (χ0v) is 4.46. The number of hydrogen-bond donors (Lipinski definition) is 1. The number of aromatic amines is 1. The predicted octanol–water partition coefficient (Wildman–Crippen LogP) is -0.00700. The highest BCUT2D eigenvalue weighted by Gasteiger charge is 1.90. The molecule has 0 amide bonds. The van der Waals surface area contributed by atoms with Gasteiger partial charge in [-0.2, -0.15) is 0 Å². The minimum atomic E-state index is 0.0842. The molecule has 1 aromatic heterocycles. The van der Waals surface area contributed by atoms with E-state index in [9.17, 15) is 0 Å². The molecule has 42 valence electrons. The summed E-state index contributed by atoms with van der Waals surface area (Å²) in [6.07, 6.45) is 1.78. The first-order valence-electron chi connectivity index (χ1n) is 2.50. The van der Waals surface area contributed by atoms with Gasteiger partial charge in [0.1, 0.15) is 6.61 Å². The molecule has 0 saturated carbocycles. The molecule has 0 bridgehead atoms. The summed E-state index contributed by atoms with van der Waals surface area (Å²) in [5.41, 5.74) is 0.840. The van der Waals surface area contributed by atoms with Crippen LogP contribution in [0.1, 0.15) is 5.69 Å². The Morgan fingerprint density at radius 1 is 1.50 bits per heavy atom. The van der Waals surface area contributed by atoms with Gasteiger partial charge in [-0.15, -0.1) is 0 Å². The van der Waals surface area contributed by atoms with Gasteiger partial charge < -0.3 is 5.11 Å². The molecule has 1 rings (SSSR count). The van der Waals surface area contributed by atoms with Crippen LogP contribution in [-0.2, 0) is 6.61 Å². The highest BCUT2D eigenvalue weighted by Crippen LogP contribution is 1.84. The van der Waals surface area contributed by atoms with Crippen LogP contribution in [0.2, 0.25) is 0 Å². The van der Waals surface area contributed by atoms with Crippen molar-refractivity contribution in [3.05, 3.63) is 30.1 Å². The third-order valence-corrected chi connectivity index (χ3v) is 0.944. The van der Waals surface area contributed by atoms with Gasteiger partial charge >= 0.3 is 0 Å². The van der Waals surface area contributed by atoms with Crippen molar-refractivity contribution in [2.75, 3.05) is 0 Å². The topological polar surface area (TPSA) is 34.4 Å². The van der Waals surface area contributed by atoms with Crippen molar-refractivity contribution >= 4 is 0 Å². The van der Waals surface area contributed by atoms with Crippen LogP contribution in [0.4, 0.5) is 0 Å². The number of pyridine rings is 1. The second kappa shape index (κ2) is 2.43. The van der Waals surface area contributed by atoms with E-state index in [4.69, 9.17) is 5.11 Å². The maximum absolute atomic E-state index is 8.51. The number of aliphatic hydroxyl groups excluding tert-OH is 1. The van der Waals surface area contributed by atoms with E-state index in [0.29, 0.717) is 0 Å². The number of rotatable bonds is 1. The average molecular weight is 110 g/mol. The van der Waals surface area contributed by atoms with E-state index in [-0.39, 0.29) is 6.61 Å². The molecule has 0 spiro atoms. The van der Waals surface area contributed by atoms with E-state index in [2.05, 4.69) is 4.98 Å². The van der Waals surface area contributed by atoms with Crippen molar-refractivity contribution in [1.82, 2.24) is 0 Å². The molecule has 0 aliphatic carbocycles. The maximum atomic E-state index is 8.51. The molecule has 0 saturated heterocycles. The summed E-state index contributed by atoms with van der Waals surface area (Å²) >= 11 is 0. The fraction of sp³-hybridized carbons (Fsp3) is 0.167. The first-order valence-corrected chi connectivity index (χ1v) is 2.50. The molecule has 0 fully saturated rings. The van der Waals surface area contributed by atoms with Gasteiger partial charge in [-0.3, -0.25) is 0 Å². The molecule has 0 radical (unpaired) electrons. The third-order valence-electron chi connectivity index (χ3n) is 0.944. The largest absolute Gasteiger partial charge is 0.385 e. The molecule has 0 unspecified atom stereocenters. The van der Waals surface area contributed by atoms with Crippen LogP contribution in [0.25, 0.3) is 0 Å². The monoisotopic (exact) mass is 110 g/mol. The molecule has 0 aliphatic heterocycles. The van der Waals surface area contributed by atoms with Crippen LogP contribution < -0.4 is 4.98 Å². The van der Waals surface area contributed by atoms with Crippen LogP contribution in [0.15, 0.2) is 24.4 Å². The lowest BCUT2D eigenvalue weighted by Gasteiger charge is -1.81. The summed E-state index contributed by atoms with van der Waals surface area (Å²) in [5.74, 6) is 0. The van der Waals surface area contributed by atoms with Gasteiger partial charge in [0.05, 0.1) is 0 Å². The van der Waals surface area contributed by atoms with Gasteiger partial charge in [-0.25, -0.2) is 4.98 Å². The van der Waals surface area contributed by atoms with Crippen LogP contribution in [0, 0.1) is 0 Å². The zero-order chi connectivity index (χ0) is 5.82. The number of nitrogens with one attached hydrogen (secondary N) is 1. The fourth-order valence-electron chi connectivity index (χ4n) is 0.529. The van der Waals surface area contributed by atoms with Crippen LogP contribution in [0.5, 0.6) is 0 Å². The van der Waals surface area contributed by atoms with Gasteiger partial charge in [0, 0.05) is 12.1 Å². The summed E-state index contributed by atoms with van der Waals surface area (Å²) in [7, 11) is 0. The van der Waals surface area contributed by atoms with Crippen molar-refractivity contribution in [3.8, 4) is 0 Å². The van der Waals surface area contributed by atoms with Crippen LogP contribution >= 0.6 is 0 Å². The van der Waals surface area contributed by atoms with Crippen molar-refractivity contribution in [2.45, 2.75) is 6.61 Å². The normalized spacial score (nSPS) is 9.12. The lowest BCUT2D eigenvalue weighted by Crippen LogP contribution is -2.07. The van der Waals surface area contributed by atoms with Gasteiger partial charge in [0.25, 0.3) is 0 Å². The standard InChI is InChI=1S/C6H7NO/c8-5-6-3-1-2-4-7-6/h1-4,8H,5H2/p+1. The molecular formula is C6H8NO+. The van der Waals surface area contributed by atoms with Gasteiger partial charge in [0.2, 0.25) is 5.69 Å². The Morgan fingerprint density at radius 2 is 2.38 bits per heavy atom. The molecular weight excluding hydrogens is 102 g/mol. The van der Waals surface area contributed by atoms with E-state index >= 15 is 0 Å². The summed E-state index contributed by atoms with van der Waals surface area (Å²) in [5, 5.41) is 8.51. The van der Waals surface area contributed by atoms with E-state index in [1.807, 2.05) is 18.2 Å². The molecule has 1 aromatic rings. The van der Waals surface area contributed by atoms with Crippen molar-refractivity contribution in [1.29, 1.82) is 0 Å². The Hall–Kier alpha value is -0.890. The Kier molecular flexibility index (Phi) is 1.59. The Balaban J connectivity index is 2.83. The first-order chi connectivity index (χ1) is 3.93. The van der Waals surface area contributed by atoms with Crippen LogP contribution in [-0.4, -0.2) is 5.11 Å². The quantitative estimate of drug-likeness (QED) is 0.542. The van der Waals surface area contributed by atoms with Crippen molar-refractivity contribution < 1.29 is 10.1 Å². The molecule has 8 heavy (non-hydrogen) atoms. The second-order valence-corrected chi connectivity index (χ2v) is 1.55. The molecule has 1 heterocycles. The Labute approximate surface area is 47.8 Å².